The summed E-state index contributed by atoms with van der Waals surface area (Å²) >= 11 is 6.45. The van der Waals surface area contributed by atoms with E-state index >= 15 is 0 Å². The second-order valence-electron chi connectivity index (χ2n) is 4.57. The Morgan fingerprint density at radius 1 is 1.36 bits per heavy atom. The van der Waals surface area contributed by atoms with Gasteiger partial charge in [-0.3, -0.25) is 14.5 Å². The zero-order chi connectivity index (χ0) is 15.9. The summed E-state index contributed by atoms with van der Waals surface area (Å²) in [6, 6.07) is 9.54. The highest BCUT2D eigenvalue weighted by molar-refractivity contribution is 8.26. The van der Waals surface area contributed by atoms with Crippen LogP contribution in [0.15, 0.2) is 35.2 Å². The second-order valence-corrected chi connectivity index (χ2v) is 6.24. The lowest BCUT2D eigenvalue weighted by Crippen LogP contribution is -2.34. The van der Waals surface area contributed by atoms with Gasteiger partial charge in [0, 0.05) is 19.5 Å². The number of carbonyl (C=O) groups is 2. The molecule has 2 amide bonds. The number of nitrogens with zero attached hydrogens (tertiary/aromatic N) is 1. The van der Waals surface area contributed by atoms with Gasteiger partial charge in [0.25, 0.3) is 5.91 Å². The number of benzene rings is 1. The van der Waals surface area contributed by atoms with Crippen molar-refractivity contribution in [1.82, 2.24) is 10.2 Å². The molecule has 0 bridgehead atoms. The average molecular weight is 336 g/mol. The number of thiocarbonyl (C=S) groups is 1. The van der Waals surface area contributed by atoms with Gasteiger partial charge in [0.2, 0.25) is 5.91 Å². The Kier molecular flexibility index (Phi) is 6.11. The third-order valence-corrected chi connectivity index (χ3v) is 4.35. The maximum Gasteiger partial charge on any atom is 0.266 e. The minimum Gasteiger partial charge on any atom is -0.395 e. The molecule has 0 aromatic heterocycles. The van der Waals surface area contributed by atoms with Gasteiger partial charge in [-0.2, -0.15) is 0 Å². The van der Waals surface area contributed by atoms with E-state index in [1.807, 2.05) is 30.3 Å². The van der Waals surface area contributed by atoms with Gasteiger partial charge in [-0.05, 0) is 11.6 Å². The van der Waals surface area contributed by atoms with Crippen molar-refractivity contribution in [3.8, 4) is 0 Å². The van der Waals surface area contributed by atoms with E-state index in [1.165, 1.54) is 16.7 Å². The lowest BCUT2D eigenvalue weighted by Gasteiger charge is -2.13. The predicted molar refractivity (Wildman–Crippen MR) is 91.0 cm³/mol. The zero-order valence-corrected chi connectivity index (χ0v) is 13.5. The Morgan fingerprint density at radius 3 is 2.77 bits per heavy atom. The normalized spacial score (nSPS) is 16.4. The summed E-state index contributed by atoms with van der Waals surface area (Å²) < 4.78 is 0.460. The fraction of sp³-hybridized carbons (Fsp3) is 0.267. The molecule has 1 heterocycles. The predicted octanol–water partition coefficient (Wildman–Crippen LogP) is 1.39. The fourth-order valence-corrected chi connectivity index (χ4v) is 3.20. The van der Waals surface area contributed by atoms with Crippen molar-refractivity contribution >= 4 is 46.2 Å². The standard InChI is InChI=1S/C15H16N2O3S2/c18-9-7-16-13(19)6-8-17-14(20)12(22-15(17)21)10-11-4-2-1-3-5-11/h1-5,10,18H,6-9H2,(H,16,19). The molecule has 1 aromatic carbocycles. The summed E-state index contributed by atoms with van der Waals surface area (Å²) in [7, 11) is 0. The summed E-state index contributed by atoms with van der Waals surface area (Å²) in [6.45, 7) is 0.353. The van der Waals surface area contributed by atoms with Crippen molar-refractivity contribution in [2.75, 3.05) is 19.7 Å². The van der Waals surface area contributed by atoms with Crippen LogP contribution >= 0.6 is 24.0 Å². The van der Waals surface area contributed by atoms with Crippen molar-refractivity contribution in [3.05, 3.63) is 40.8 Å². The van der Waals surface area contributed by atoms with Gasteiger partial charge in [-0.15, -0.1) is 0 Å². The topological polar surface area (TPSA) is 69.6 Å². The number of nitrogens with one attached hydrogen (secondary N) is 1. The molecule has 0 radical (unpaired) electrons. The summed E-state index contributed by atoms with van der Waals surface area (Å²) in [5.74, 6) is -0.385. The molecule has 1 aromatic rings. The van der Waals surface area contributed by atoms with Crippen LogP contribution in [-0.4, -0.2) is 45.8 Å². The van der Waals surface area contributed by atoms with E-state index in [9.17, 15) is 9.59 Å². The molecule has 7 heteroatoms. The average Bonchev–Trinajstić information content (AvgIpc) is 2.78. The van der Waals surface area contributed by atoms with Gasteiger partial charge in [0.15, 0.2) is 0 Å². The molecular formula is C15H16N2O3S2. The molecule has 2 N–H and O–H groups in total. The molecule has 0 aliphatic carbocycles. The summed E-state index contributed by atoms with van der Waals surface area (Å²) in [6.07, 6.45) is 1.95. The molecular weight excluding hydrogens is 320 g/mol. The monoisotopic (exact) mass is 336 g/mol. The van der Waals surface area contributed by atoms with Crippen molar-refractivity contribution in [3.63, 3.8) is 0 Å². The van der Waals surface area contributed by atoms with E-state index in [4.69, 9.17) is 17.3 Å². The zero-order valence-electron chi connectivity index (χ0n) is 11.8. The smallest absolute Gasteiger partial charge is 0.266 e. The number of amides is 2. The third-order valence-electron chi connectivity index (χ3n) is 2.97. The first kappa shape index (κ1) is 16.7. The molecule has 22 heavy (non-hydrogen) atoms. The van der Waals surface area contributed by atoms with Crippen LogP contribution in [0, 0.1) is 0 Å². The minimum atomic E-state index is -0.213. The first-order valence-electron chi connectivity index (χ1n) is 6.80. The minimum absolute atomic E-state index is 0.105. The highest BCUT2D eigenvalue weighted by atomic mass is 32.2. The fourth-order valence-electron chi connectivity index (χ4n) is 1.89. The summed E-state index contributed by atoms with van der Waals surface area (Å²) in [4.78, 5) is 25.8. The summed E-state index contributed by atoms with van der Waals surface area (Å²) in [5, 5.41) is 11.2. The van der Waals surface area contributed by atoms with Crippen LogP contribution in [-0.2, 0) is 9.59 Å². The molecule has 2 rings (SSSR count). The van der Waals surface area contributed by atoms with Gasteiger partial charge in [0.1, 0.15) is 4.32 Å². The van der Waals surface area contributed by atoms with E-state index in [0.717, 1.165) is 5.56 Å². The van der Waals surface area contributed by atoms with E-state index in [-0.39, 0.29) is 37.9 Å². The maximum absolute atomic E-state index is 12.3. The van der Waals surface area contributed by atoms with Crippen LogP contribution in [0.5, 0.6) is 0 Å². The van der Waals surface area contributed by atoms with Gasteiger partial charge >= 0.3 is 0 Å². The Bertz CT molecular complexity index is 602. The van der Waals surface area contributed by atoms with Crippen molar-refractivity contribution < 1.29 is 14.7 Å². The van der Waals surface area contributed by atoms with Crippen molar-refractivity contribution in [1.29, 1.82) is 0 Å². The van der Waals surface area contributed by atoms with Crippen molar-refractivity contribution in [2.24, 2.45) is 0 Å². The molecule has 1 aliphatic heterocycles. The van der Waals surface area contributed by atoms with Crippen LogP contribution in [0.2, 0.25) is 0 Å². The lowest BCUT2D eigenvalue weighted by molar-refractivity contribution is -0.123. The molecule has 0 saturated carbocycles. The number of hydrogen-bond donors (Lipinski definition) is 2. The first-order chi connectivity index (χ1) is 10.6. The van der Waals surface area contributed by atoms with Gasteiger partial charge in [-0.25, -0.2) is 0 Å². The maximum atomic E-state index is 12.3. The Labute approximate surface area is 138 Å². The molecule has 1 fully saturated rings. The first-order valence-corrected chi connectivity index (χ1v) is 8.02. The molecule has 0 unspecified atom stereocenters. The van der Waals surface area contributed by atoms with E-state index in [2.05, 4.69) is 5.32 Å². The van der Waals surface area contributed by atoms with Crippen LogP contribution < -0.4 is 5.32 Å². The number of thioether (sulfide) groups is 1. The SMILES string of the molecule is O=C(CCN1C(=O)C(=Cc2ccccc2)SC1=S)NCCO. The largest absolute Gasteiger partial charge is 0.395 e. The van der Waals surface area contributed by atoms with Crippen LogP contribution in [0.25, 0.3) is 6.08 Å². The molecule has 0 atom stereocenters. The Morgan fingerprint density at radius 2 is 2.09 bits per heavy atom. The number of aliphatic hydroxyl groups is 1. The lowest BCUT2D eigenvalue weighted by atomic mass is 10.2. The van der Waals surface area contributed by atoms with Gasteiger partial charge in [0.05, 0.1) is 11.5 Å². The molecule has 0 spiro atoms. The van der Waals surface area contributed by atoms with E-state index in [0.29, 0.717) is 9.23 Å². The number of rotatable bonds is 6. The summed E-state index contributed by atoms with van der Waals surface area (Å²) in [5.41, 5.74) is 0.934. The third kappa shape index (κ3) is 4.40. The van der Waals surface area contributed by atoms with Crippen LogP contribution in [0.3, 0.4) is 0 Å². The molecule has 1 saturated heterocycles. The van der Waals surface area contributed by atoms with Crippen LogP contribution in [0.4, 0.5) is 0 Å². The molecule has 1 aliphatic rings. The molecule has 5 nitrogen and oxygen atoms in total. The van der Waals surface area contributed by atoms with Gasteiger partial charge < -0.3 is 10.4 Å². The highest BCUT2D eigenvalue weighted by Gasteiger charge is 2.31. The molecule has 116 valence electrons. The quantitative estimate of drug-likeness (QED) is 0.607. The van der Waals surface area contributed by atoms with Crippen molar-refractivity contribution in [2.45, 2.75) is 6.42 Å². The number of aliphatic hydroxyl groups excluding tert-OH is 1. The van der Waals surface area contributed by atoms with Crippen LogP contribution in [0.1, 0.15) is 12.0 Å². The Hall–Kier alpha value is -1.70. The number of hydrogen-bond acceptors (Lipinski definition) is 5. The van der Waals surface area contributed by atoms with Gasteiger partial charge in [-0.1, -0.05) is 54.3 Å². The highest BCUT2D eigenvalue weighted by Crippen LogP contribution is 2.32. The number of carbonyl (C=O) groups excluding carboxylic acids is 2. The van der Waals surface area contributed by atoms with E-state index in [1.54, 1.807) is 6.08 Å². The Balaban J connectivity index is 1.97. The second kappa shape index (κ2) is 8.07. The van der Waals surface area contributed by atoms with E-state index < -0.39 is 0 Å².